The molecule has 27 nitrogen and oxygen atoms in total. The summed E-state index contributed by atoms with van der Waals surface area (Å²) in [6.07, 6.45) is -4.15. The Morgan fingerprint density at radius 3 is 2.14 bits per heavy atom. The van der Waals surface area contributed by atoms with Gasteiger partial charge >= 0.3 is 7.82 Å². The number of phosphoric ester groups is 1. The maximum Gasteiger partial charge on any atom is 0.472 e. The number of ether oxygens (including phenoxy) is 1. The molecular formula is C62H88N13O14P. The van der Waals surface area contributed by atoms with Crippen molar-refractivity contribution >= 4 is 77.3 Å². The molecule has 90 heavy (non-hydrogen) atoms. The smallest absolute Gasteiger partial charge is 0.394 e. The number of allylic oxidation sites excluding steroid dienone is 4. The number of aromatic nitrogens is 2. The number of imidazole rings is 1. The van der Waals surface area contributed by atoms with Gasteiger partial charge in [-0.2, -0.15) is 0 Å². The quantitative estimate of drug-likeness (QED) is 0.0673. The van der Waals surface area contributed by atoms with Crippen LogP contribution in [0.2, 0.25) is 0 Å². The number of nitrogens with zero attached hydrogens (tertiary/aromatic N) is 5. The molecule has 0 radical (unpaired) electrons. The van der Waals surface area contributed by atoms with Crippen molar-refractivity contribution in [3.8, 4) is 0 Å². The molecule has 9 rings (SSSR count). The Balaban J connectivity index is 1.10. The standard InChI is InChI=1S/C62H88N13O14P/c1-29-20-37-38(21-30(29)2)75(28-69-37)56-51(84)52(39(27-76)87-56)89-90(85,86)88-31(3)26-68-47(82)17-18-58(8)36(22-45(66)80)55-61(11)59(9,24-46(67)81)35(13-15-43(64)78)50(74-61)33(5)54-60(10)25-48(83)73-62(60,19-16-44(65)79)41(71-54)23-40-57(6,7)34(12-14-42(63)77)49(70-40)32(4)53(58)72-55/h20-21,23,28,31,34-36,39,51-52,55-56,71,76,84H,12-19,22,24-27H2,1-11H3,(H2,63,77)(H2,64,78)(H2,65,79)(H2,66,80)(H2,67,81)(H,68,82)(H,73,83)(H,85,86). The van der Waals surface area contributed by atoms with Crippen molar-refractivity contribution in [1.82, 2.24) is 25.5 Å². The summed E-state index contributed by atoms with van der Waals surface area (Å²) in [6, 6.07) is 2.71. The normalized spacial score (nSPS) is 33.5. The molecule has 16 N–H and O–H groups in total. The molecule has 7 aliphatic heterocycles. The van der Waals surface area contributed by atoms with Gasteiger partial charge in [0.05, 0.1) is 47.2 Å². The van der Waals surface area contributed by atoms with E-state index in [1.807, 2.05) is 87.4 Å². The van der Waals surface area contributed by atoms with Crippen LogP contribution < -0.4 is 44.6 Å². The number of aryl methyl sites for hydroxylation is 2. The molecule has 8 heterocycles. The highest BCUT2D eigenvalue weighted by Crippen LogP contribution is 2.63. The van der Waals surface area contributed by atoms with Crippen LogP contribution in [0.5, 0.6) is 0 Å². The number of nitrogens with one attached hydrogen (secondary N) is 3. The van der Waals surface area contributed by atoms with Gasteiger partial charge in [-0.15, -0.1) is 0 Å². The van der Waals surface area contributed by atoms with E-state index in [0.29, 0.717) is 56.4 Å². The fourth-order valence-corrected chi connectivity index (χ4v) is 17.1. The van der Waals surface area contributed by atoms with Crippen LogP contribution in [-0.4, -0.2) is 138 Å². The predicted octanol–water partition coefficient (Wildman–Crippen LogP) is 2.93. The Hall–Kier alpha value is -7.00. The van der Waals surface area contributed by atoms with E-state index in [9.17, 15) is 53.2 Å². The Kier molecular flexibility index (Phi) is 18.1. The number of carbonyl (C=O) groups is 7. The number of benzene rings is 1. The molecule has 7 amide bonds. The van der Waals surface area contributed by atoms with E-state index in [-0.39, 0.29) is 83.1 Å². The summed E-state index contributed by atoms with van der Waals surface area (Å²) in [5.74, 6) is -6.18. The SMILES string of the molecule is CC1=C2N=C(C=C3NC(=C(C)C4=NC(C)(C5N=C1C(C)(CCC(=O)NCC(C)OP(=O)(O)OC1C(CO)OC(n6cnc7cc(C)c(C)cc76)C1O)C5CC(N)=O)C(C)(CC(N)=O)C4CCC(N)=O)C1(C)CC(=O)NC31CCC(N)=O)C(C)(C)C2CCC(N)=O. The number of aliphatic hydroxyl groups is 2. The molecule has 1 aromatic heterocycles. The summed E-state index contributed by atoms with van der Waals surface area (Å²) in [5, 5.41) is 31.5. The van der Waals surface area contributed by atoms with E-state index in [1.54, 1.807) is 4.57 Å². The molecule has 490 valence electrons. The molecule has 0 aliphatic carbocycles. The minimum absolute atomic E-state index is 0.00404. The minimum Gasteiger partial charge on any atom is -0.394 e. The lowest BCUT2D eigenvalue weighted by molar-refractivity contribution is -0.124. The first-order valence-corrected chi connectivity index (χ1v) is 32.1. The highest BCUT2D eigenvalue weighted by Gasteiger charge is 2.68. The van der Waals surface area contributed by atoms with Crippen LogP contribution in [0.25, 0.3) is 11.0 Å². The Morgan fingerprint density at radius 2 is 1.52 bits per heavy atom. The number of rotatable bonds is 24. The highest BCUT2D eigenvalue weighted by atomic mass is 31.2. The molecule has 0 spiro atoms. The summed E-state index contributed by atoms with van der Waals surface area (Å²) in [6.45, 7) is 19.4. The molecule has 15 unspecified atom stereocenters. The van der Waals surface area contributed by atoms with Crippen molar-refractivity contribution in [3.63, 3.8) is 0 Å². The van der Waals surface area contributed by atoms with E-state index in [2.05, 4.69) is 20.9 Å². The van der Waals surface area contributed by atoms with Gasteiger partial charge in [-0.05, 0) is 108 Å². The van der Waals surface area contributed by atoms with Crippen molar-refractivity contribution in [2.45, 2.75) is 195 Å². The number of aliphatic imine (C=N–C) groups is 3. The minimum atomic E-state index is -5.06. The molecule has 15 atom stereocenters. The van der Waals surface area contributed by atoms with Gasteiger partial charge in [0.1, 0.15) is 18.3 Å². The first kappa shape index (κ1) is 67.4. The van der Waals surface area contributed by atoms with Gasteiger partial charge in [0.15, 0.2) is 6.23 Å². The maximum absolute atomic E-state index is 14.4. The number of phosphoric acid groups is 1. The number of primary amides is 5. The van der Waals surface area contributed by atoms with Crippen LogP contribution in [0.1, 0.15) is 150 Å². The molecule has 7 aliphatic rings. The predicted molar refractivity (Wildman–Crippen MR) is 332 cm³/mol. The number of fused-ring (bicyclic) bond motifs is 10. The van der Waals surface area contributed by atoms with Gasteiger partial charge in [0.2, 0.25) is 41.4 Å². The first-order chi connectivity index (χ1) is 41.9. The summed E-state index contributed by atoms with van der Waals surface area (Å²) >= 11 is 0. The first-order valence-electron chi connectivity index (χ1n) is 30.6. The number of aliphatic hydroxyl groups excluding tert-OH is 2. The van der Waals surface area contributed by atoms with Crippen LogP contribution in [0.15, 0.2) is 67.8 Å². The third-order valence-electron chi connectivity index (χ3n) is 21.2. The molecule has 1 aromatic carbocycles. The Morgan fingerprint density at radius 1 is 0.878 bits per heavy atom. The summed E-state index contributed by atoms with van der Waals surface area (Å²) in [5.41, 5.74) is 30.2. The van der Waals surface area contributed by atoms with Crippen molar-refractivity contribution in [2.75, 3.05) is 13.2 Å². The average molecular weight is 1270 g/mol. The Bertz CT molecular complexity index is 3610. The van der Waals surface area contributed by atoms with Crippen LogP contribution in [0, 0.1) is 53.3 Å². The monoisotopic (exact) mass is 1270 g/mol. The second-order valence-electron chi connectivity index (χ2n) is 27.4. The summed E-state index contributed by atoms with van der Waals surface area (Å²) < 4.78 is 32.3. The van der Waals surface area contributed by atoms with Gasteiger partial charge in [-0.25, -0.2) is 9.55 Å². The molecule has 3 saturated heterocycles. The van der Waals surface area contributed by atoms with Crippen LogP contribution in [-0.2, 0) is 51.9 Å². The third kappa shape index (κ3) is 11.6. The second kappa shape index (κ2) is 24.2. The van der Waals surface area contributed by atoms with Crippen molar-refractivity contribution in [2.24, 2.45) is 83.1 Å². The van der Waals surface area contributed by atoms with E-state index in [4.69, 9.17) is 57.4 Å². The number of hydrogen-bond donors (Lipinski definition) is 11. The Labute approximate surface area is 522 Å². The number of carbonyl (C=O) groups excluding carboxylic acids is 7. The zero-order valence-corrected chi connectivity index (χ0v) is 54.0. The van der Waals surface area contributed by atoms with E-state index >= 15 is 0 Å². The number of amides is 7. The van der Waals surface area contributed by atoms with Crippen molar-refractivity contribution < 1.29 is 67.0 Å². The van der Waals surface area contributed by atoms with E-state index in [1.165, 1.54) is 13.3 Å². The molecule has 28 heteroatoms. The molecule has 0 saturated carbocycles. The zero-order chi connectivity index (χ0) is 66.3. The average Bonchev–Trinajstić information content (AvgIpc) is 1.53. The van der Waals surface area contributed by atoms with Crippen LogP contribution in [0.3, 0.4) is 0 Å². The van der Waals surface area contributed by atoms with Gasteiger partial charge in [-0.3, -0.25) is 57.6 Å². The maximum atomic E-state index is 14.4. The topological polar surface area (TPSA) is 446 Å². The molecule has 2 aromatic rings. The largest absolute Gasteiger partial charge is 0.472 e. The lowest BCUT2D eigenvalue weighted by Gasteiger charge is -2.48. The van der Waals surface area contributed by atoms with E-state index < -0.39 is 137 Å². The number of hydrogen-bond acceptors (Lipinski definition) is 18. The van der Waals surface area contributed by atoms with Crippen LogP contribution >= 0.6 is 7.82 Å². The third-order valence-corrected chi connectivity index (χ3v) is 22.3. The fourth-order valence-electron chi connectivity index (χ4n) is 15.9. The second-order valence-corrected chi connectivity index (χ2v) is 28.7. The van der Waals surface area contributed by atoms with E-state index in [0.717, 1.165) is 11.1 Å². The van der Waals surface area contributed by atoms with Crippen molar-refractivity contribution in [1.29, 1.82) is 0 Å². The van der Waals surface area contributed by atoms with Gasteiger partial charge in [-0.1, -0.05) is 34.6 Å². The summed E-state index contributed by atoms with van der Waals surface area (Å²) in [4.78, 5) is 127. The van der Waals surface area contributed by atoms with Gasteiger partial charge in [0, 0.05) is 125 Å². The fraction of sp³-hybridized carbons (Fsp3) is 0.629. The molecule has 8 bridgehead atoms. The molecular weight excluding hydrogens is 1180 g/mol. The highest BCUT2D eigenvalue weighted by molar-refractivity contribution is 7.47. The zero-order valence-electron chi connectivity index (χ0n) is 53.1. The van der Waals surface area contributed by atoms with Gasteiger partial charge in [0.25, 0.3) is 0 Å². The van der Waals surface area contributed by atoms with Gasteiger partial charge < -0.3 is 69.0 Å². The number of nitrogens with two attached hydrogens (primary N) is 5. The lowest BCUT2D eigenvalue weighted by Crippen LogP contribution is -2.56. The lowest BCUT2D eigenvalue weighted by atomic mass is 9.55. The van der Waals surface area contributed by atoms with Crippen molar-refractivity contribution in [3.05, 3.63) is 63.9 Å². The molecule has 3 fully saturated rings. The van der Waals surface area contributed by atoms with Crippen LogP contribution in [0.4, 0.5) is 0 Å². The summed E-state index contributed by atoms with van der Waals surface area (Å²) in [7, 11) is -5.06.